The number of benzene rings is 2. The van der Waals surface area contributed by atoms with Gasteiger partial charge in [0.1, 0.15) is 6.61 Å². The zero-order valence-corrected chi connectivity index (χ0v) is 22.7. The first kappa shape index (κ1) is 27.1. The second kappa shape index (κ2) is 11.2. The Morgan fingerprint density at radius 3 is 2.45 bits per heavy atom. The lowest BCUT2D eigenvalue weighted by Crippen LogP contribution is -2.47. The van der Waals surface area contributed by atoms with Crippen LogP contribution in [-0.4, -0.2) is 34.3 Å². The van der Waals surface area contributed by atoms with Gasteiger partial charge in [-0.15, -0.1) is 0 Å². The summed E-state index contributed by atoms with van der Waals surface area (Å²) >= 11 is 0. The van der Waals surface area contributed by atoms with E-state index in [0.717, 1.165) is 22.4 Å². The van der Waals surface area contributed by atoms with Gasteiger partial charge in [-0.2, -0.15) is 0 Å². The van der Waals surface area contributed by atoms with Gasteiger partial charge in [-0.1, -0.05) is 76.2 Å². The number of esters is 1. The van der Waals surface area contributed by atoms with E-state index in [2.05, 4.69) is 18.8 Å². The monoisotopic (exact) mass is 516 g/mol. The van der Waals surface area contributed by atoms with Crippen molar-refractivity contribution in [3.63, 3.8) is 0 Å². The zero-order valence-electron chi connectivity index (χ0n) is 22.7. The quantitative estimate of drug-likeness (QED) is 0.362. The highest BCUT2D eigenvalue weighted by Crippen LogP contribution is 2.42. The molecule has 2 aromatic carbocycles. The molecule has 0 fully saturated rings. The minimum absolute atomic E-state index is 0.0566. The van der Waals surface area contributed by atoms with E-state index in [1.54, 1.807) is 0 Å². The van der Waals surface area contributed by atoms with Gasteiger partial charge in [0, 0.05) is 12.0 Å². The van der Waals surface area contributed by atoms with Gasteiger partial charge in [0.15, 0.2) is 23.7 Å². The molecule has 2 atom stereocenters. The predicted octanol–water partition coefficient (Wildman–Crippen LogP) is 5.38. The smallest absolute Gasteiger partial charge is 0.306 e. The summed E-state index contributed by atoms with van der Waals surface area (Å²) in [7, 11) is 0. The Bertz CT molecular complexity index is 1310. The summed E-state index contributed by atoms with van der Waals surface area (Å²) in [5, 5.41) is 0. The van der Waals surface area contributed by atoms with Crippen LogP contribution in [0.4, 0.5) is 0 Å². The molecule has 200 valence electrons. The van der Waals surface area contributed by atoms with E-state index in [9.17, 15) is 9.59 Å². The number of oxazole rings is 1. The van der Waals surface area contributed by atoms with Gasteiger partial charge in [0.05, 0.1) is 11.7 Å². The average Bonchev–Trinajstić information content (AvgIpc) is 3.40. The molecule has 1 amide bonds. The third-order valence-electron chi connectivity index (χ3n) is 6.65. The molecule has 3 aromatic rings. The summed E-state index contributed by atoms with van der Waals surface area (Å²) in [6, 6.07) is 16.4. The third-order valence-corrected chi connectivity index (χ3v) is 6.65. The van der Waals surface area contributed by atoms with E-state index in [1.807, 2.05) is 75.4 Å². The second-order valence-corrected chi connectivity index (χ2v) is 10.7. The van der Waals surface area contributed by atoms with Crippen LogP contribution in [0.15, 0.2) is 70.4 Å². The molecule has 38 heavy (non-hydrogen) atoms. The highest BCUT2D eigenvalue weighted by atomic mass is 16.5. The first-order valence-corrected chi connectivity index (χ1v) is 13.0. The standard InChI is InChI=1S/C30H36N4O4/c1-19(2)14-26(35)37-17-25(22-10-9-11-23(15-22)27-21(5)32-18-38-27)34-28(36)30(16-20(3)4,33-29(34)31)24-12-7-6-8-13-24/h6-13,15,18-20,25H,14,16-17H2,1-5H3,(H2,31,33)/t25-,30-/m1/s1. The number of hydrogen-bond acceptors (Lipinski definition) is 7. The Balaban J connectivity index is 1.77. The molecule has 1 aliphatic rings. The lowest BCUT2D eigenvalue weighted by atomic mass is 9.82. The molecular weight excluding hydrogens is 480 g/mol. The molecule has 0 saturated carbocycles. The number of rotatable bonds is 10. The van der Waals surface area contributed by atoms with Crippen molar-refractivity contribution < 1.29 is 18.7 Å². The number of nitrogens with two attached hydrogens (primary N) is 1. The van der Waals surface area contributed by atoms with Crippen LogP contribution in [0.5, 0.6) is 0 Å². The van der Waals surface area contributed by atoms with Crippen LogP contribution >= 0.6 is 0 Å². The molecule has 2 heterocycles. The molecule has 8 heteroatoms. The number of carbonyl (C=O) groups excluding carboxylic acids is 2. The first-order chi connectivity index (χ1) is 18.1. The summed E-state index contributed by atoms with van der Waals surface area (Å²) in [4.78, 5) is 37.4. The predicted molar refractivity (Wildman–Crippen MR) is 146 cm³/mol. The Morgan fingerprint density at radius 2 is 1.82 bits per heavy atom. The fourth-order valence-electron chi connectivity index (χ4n) is 5.00. The van der Waals surface area contributed by atoms with Gasteiger partial charge in [0.2, 0.25) is 0 Å². The summed E-state index contributed by atoms with van der Waals surface area (Å²) in [5.74, 6) is 0.499. The third kappa shape index (κ3) is 5.49. The SMILES string of the molecule is Cc1ncoc1-c1cccc([C@@H](COC(=O)CC(C)C)N2C(=O)[C@@](CC(C)C)(c3ccccc3)N=C2N)c1. The summed E-state index contributed by atoms with van der Waals surface area (Å²) in [5.41, 5.74) is 8.45. The molecule has 0 unspecified atom stereocenters. The second-order valence-electron chi connectivity index (χ2n) is 10.7. The maximum absolute atomic E-state index is 14.3. The largest absolute Gasteiger partial charge is 0.463 e. The number of guanidine groups is 1. The van der Waals surface area contributed by atoms with Crippen molar-refractivity contribution in [1.82, 2.24) is 9.88 Å². The Morgan fingerprint density at radius 1 is 1.08 bits per heavy atom. The zero-order chi connectivity index (χ0) is 27.4. The average molecular weight is 517 g/mol. The van der Waals surface area contributed by atoms with E-state index >= 15 is 0 Å². The first-order valence-electron chi connectivity index (χ1n) is 13.0. The Hall–Kier alpha value is -3.94. The molecule has 2 N–H and O–H groups in total. The van der Waals surface area contributed by atoms with Crippen LogP contribution < -0.4 is 5.73 Å². The lowest BCUT2D eigenvalue weighted by molar-refractivity contribution is -0.148. The molecule has 0 saturated heterocycles. The maximum atomic E-state index is 14.3. The summed E-state index contributed by atoms with van der Waals surface area (Å²) < 4.78 is 11.3. The number of amides is 1. The molecule has 0 bridgehead atoms. The molecule has 0 spiro atoms. The van der Waals surface area contributed by atoms with Gasteiger partial charge >= 0.3 is 5.97 Å². The Labute approximate surface area is 223 Å². The topological polar surface area (TPSA) is 111 Å². The minimum atomic E-state index is -1.15. The number of hydrogen-bond donors (Lipinski definition) is 1. The van der Waals surface area contributed by atoms with Gasteiger partial charge < -0.3 is 14.9 Å². The van der Waals surface area contributed by atoms with E-state index in [4.69, 9.17) is 19.9 Å². The van der Waals surface area contributed by atoms with E-state index in [0.29, 0.717) is 12.2 Å². The van der Waals surface area contributed by atoms with Crippen LogP contribution in [0.2, 0.25) is 0 Å². The summed E-state index contributed by atoms with van der Waals surface area (Å²) in [6.45, 7) is 9.83. The number of nitrogens with zero attached hydrogens (tertiary/aromatic N) is 3. The number of aryl methyl sites for hydroxylation is 1. The number of aromatic nitrogens is 1. The molecule has 0 radical (unpaired) electrons. The Kier molecular flexibility index (Phi) is 7.99. The van der Waals surface area contributed by atoms with Crippen LogP contribution in [-0.2, 0) is 19.9 Å². The van der Waals surface area contributed by atoms with E-state index in [1.165, 1.54) is 11.3 Å². The van der Waals surface area contributed by atoms with Gasteiger partial charge in [-0.05, 0) is 42.4 Å². The highest BCUT2D eigenvalue weighted by Gasteiger charge is 2.51. The highest BCUT2D eigenvalue weighted by molar-refractivity contribution is 6.07. The van der Waals surface area contributed by atoms with Gasteiger partial charge in [0.25, 0.3) is 5.91 Å². The van der Waals surface area contributed by atoms with E-state index in [-0.39, 0.29) is 42.7 Å². The van der Waals surface area contributed by atoms with Crippen LogP contribution in [0, 0.1) is 18.8 Å². The number of ether oxygens (including phenoxy) is 1. The fourth-order valence-corrected chi connectivity index (χ4v) is 5.00. The molecule has 1 aromatic heterocycles. The molecule has 0 aliphatic carbocycles. The minimum Gasteiger partial charge on any atom is -0.463 e. The van der Waals surface area contributed by atoms with Crippen molar-refractivity contribution in [2.45, 2.75) is 59.0 Å². The molecular formula is C30H36N4O4. The number of carbonyl (C=O) groups is 2. The van der Waals surface area contributed by atoms with Crippen molar-refractivity contribution in [3.05, 3.63) is 77.8 Å². The van der Waals surface area contributed by atoms with Crippen LogP contribution in [0.1, 0.15) is 63.4 Å². The normalized spacial score (nSPS) is 18.2. The molecule has 8 nitrogen and oxygen atoms in total. The van der Waals surface area contributed by atoms with Gasteiger partial charge in [-0.3, -0.25) is 14.5 Å². The maximum Gasteiger partial charge on any atom is 0.306 e. The van der Waals surface area contributed by atoms with Crippen molar-refractivity contribution in [3.8, 4) is 11.3 Å². The van der Waals surface area contributed by atoms with Crippen LogP contribution in [0.3, 0.4) is 0 Å². The van der Waals surface area contributed by atoms with Crippen molar-refractivity contribution >= 4 is 17.8 Å². The van der Waals surface area contributed by atoms with Gasteiger partial charge in [-0.25, -0.2) is 9.98 Å². The fraction of sp³-hybridized carbons (Fsp3) is 0.400. The van der Waals surface area contributed by atoms with Crippen molar-refractivity contribution in [2.24, 2.45) is 22.6 Å². The lowest BCUT2D eigenvalue weighted by Gasteiger charge is -2.32. The number of aliphatic imine (C=N–C) groups is 1. The van der Waals surface area contributed by atoms with E-state index < -0.39 is 11.6 Å². The van der Waals surface area contributed by atoms with Crippen LogP contribution in [0.25, 0.3) is 11.3 Å². The van der Waals surface area contributed by atoms with Crippen molar-refractivity contribution in [2.75, 3.05) is 6.61 Å². The van der Waals surface area contributed by atoms with Crippen molar-refractivity contribution in [1.29, 1.82) is 0 Å². The molecule has 4 rings (SSSR count). The summed E-state index contributed by atoms with van der Waals surface area (Å²) in [6.07, 6.45) is 2.17. The molecule has 1 aliphatic heterocycles.